The lowest BCUT2D eigenvalue weighted by atomic mass is 10.2. The molecule has 0 bridgehead atoms. The maximum absolute atomic E-state index is 5.75. The fraction of sp³-hybridized carbons (Fsp3) is 0.167. The first kappa shape index (κ1) is 10.7. The Bertz CT molecular complexity index is 671. The van der Waals surface area contributed by atoms with Gasteiger partial charge in [-0.05, 0) is 18.2 Å². The summed E-state index contributed by atoms with van der Waals surface area (Å²) in [5.41, 5.74) is 4.14. The van der Waals surface area contributed by atoms with Gasteiger partial charge < -0.3 is 4.57 Å². The van der Waals surface area contributed by atoms with Crippen LogP contribution in [0, 0.1) is 0 Å². The predicted molar refractivity (Wildman–Crippen MR) is 71.4 cm³/mol. The van der Waals surface area contributed by atoms with Crippen molar-refractivity contribution in [2.75, 3.05) is 0 Å². The number of hydrogen-bond acceptors (Lipinski definition) is 3. The maximum Gasteiger partial charge on any atom is 0.123 e. The number of aromatic nitrogens is 3. The lowest BCUT2D eigenvalue weighted by Crippen LogP contribution is -1.84. The fourth-order valence-electron chi connectivity index (χ4n) is 1.77. The van der Waals surface area contributed by atoms with E-state index in [0.29, 0.717) is 5.88 Å². The van der Waals surface area contributed by atoms with Gasteiger partial charge in [-0.15, -0.1) is 22.9 Å². The molecule has 3 nitrogen and oxygen atoms in total. The van der Waals surface area contributed by atoms with E-state index in [-0.39, 0.29) is 0 Å². The zero-order chi connectivity index (χ0) is 11.8. The Kier molecular flexibility index (Phi) is 2.61. The van der Waals surface area contributed by atoms with Crippen LogP contribution in [0.4, 0.5) is 0 Å². The molecule has 0 radical (unpaired) electrons. The monoisotopic (exact) mass is 263 g/mol. The van der Waals surface area contributed by atoms with Crippen molar-refractivity contribution >= 4 is 34.0 Å². The second kappa shape index (κ2) is 4.13. The number of nitrogens with zero attached hydrogens (tertiary/aromatic N) is 3. The normalized spacial score (nSPS) is 11.2. The highest BCUT2D eigenvalue weighted by atomic mass is 35.5. The Hall–Kier alpha value is -1.39. The van der Waals surface area contributed by atoms with E-state index < -0.39 is 0 Å². The van der Waals surface area contributed by atoms with Crippen molar-refractivity contribution < 1.29 is 0 Å². The largest absolute Gasteiger partial charge is 0.334 e. The molecule has 3 rings (SSSR count). The van der Waals surface area contributed by atoms with E-state index in [2.05, 4.69) is 28.2 Å². The Morgan fingerprint density at radius 2 is 2.29 bits per heavy atom. The molecular formula is C12H10ClN3S. The molecule has 0 amide bonds. The molecule has 3 aromatic rings. The number of alkyl halides is 1. The van der Waals surface area contributed by atoms with Gasteiger partial charge in [0.2, 0.25) is 0 Å². The first-order chi connectivity index (χ1) is 8.28. The van der Waals surface area contributed by atoms with Crippen molar-refractivity contribution in [1.82, 2.24) is 14.5 Å². The first-order valence-electron chi connectivity index (χ1n) is 5.20. The van der Waals surface area contributed by atoms with Crippen molar-refractivity contribution in [1.29, 1.82) is 0 Å². The van der Waals surface area contributed by atoms with E-state index in [1.165, 1.54) is 0 Å². The summed E-state index contributed by atoms with van der Waals surface area (Å²) in [5.74, 6) is 0.461. The number of fused-ring (bicyclic) bond motifs is 1. The predicted octanol–water partition coefficient (Wildman–Crippen LogP) is 3.44. The first-order valence-corrected chi connectivity index (χ1v) is 6.61. The molecule has 0 aliphatic carbocycles. The average molecular weight is 264 g/mol. The Morgan fingerprint density at radius 1 is 1.41 bits per heavy atom. The van der Waals surface area contributed by atoms with Crippen molar-refractivity contribution in [3.63, 3.8) is 0 Å². The molecule has 2 aromatic heterocycles. The standard InChI is InChI=1S/C12H10ClN3S/c1-16-7-14-10-4-8(2-3-11(10)16)12-15-9(5-13)6-17-12/h2-4,6-7H,5H2,1H3. The maximum atomic E-state index is 5.75. The van der Waals surface area contributed by atoms with Gasteiger partial charge in [0.15, 0.2) is 0 Å². The fourth-order valence-corrected chi connectivity index (χ4v) is 2.82. The second-order valence-corrected chi connectivity index (χ2v) is 4.96. The number of halogens is 1. The van der Waals surface area contributed by atoms with Gasteiger partial charge in [-0.25, -0.2) is 9.97 Å². The number of imidazole rings is 1. The quantitative estimate of drug-likeness (QED) is 0.663. The zero-order valence-corrected chi connectivity index (χ0v) is 10.8. The van der Waals surface area contributed by atoms with E-state index >= 15 is 0 Å². The Morgan fingerprint density at radius 3 is 3.06 bits per heavy atom. The molecule has 1 aromatic carbocycles. The van der Waals surface area contributed by atoms with E-state index in [1.54, 1.807) is 11.3 Å². The number of aryl methyl sites for hydroxylation is 1. The van der Waals surface area contributed by atoms with Crippen LogP contribution >= 0.6 is 22.9 Å². The lowest BCUT2D eigenvalue weighted by Gasteiger charge is -1.97. The van der Waals surface area contributed by atoms with Gasteiger partial charge in [0.1, 0.15) is 5.01 Å². The molecule has 5 heteroatoms. The third-order valence-corrected chi connectivity index (χ3v) is 3.88. The van der Waals surface area contributed by atoms with Crippen LogP contribution in [-0.2, 0) is 12.9 Å². The third-order valence-electron chi connectivity index (χ3n) is 2.66. The number of thiazole rings is 1. The minimum Gasteiger partial charge on any atom is -0.334 e. The molecule has 0 spiro atoms. The highest BCUT2D eigenvalue weighted by Crippen LogP contribution is 2.26. The summed E-state index contributed by atoms with van der Waals surface area (Å²) in [6.45, 7) is 0. The third kappa shape index (κ3) is 1.83. The molecule has 0 aliphatic rings. The van der Waals surface area contributed by atoms with Crippen LogP contribution in [0.25, 0.3) is 21.6 Å². The van der Waals surface area contributed by atoms with Crippen LogP contribution < -0.4 is 0 Å². The second-order valence-electron chi connectivity index (χ2n) is 3.84. The zero-order valence-electron chi connectivity index (χ0n) is 9.22. The highest BCUT2D eigenvalue weighted by molar-refractivity contribution is 7.13. The molecule has 17 heavy (non-hydrogen) atoms. The molecule has 86 valence electrons. The van der Waals surface area contributed by atoms with Crippen molar-refractivity contribution in [2.45, 2.75) is 5.88 Å². The highest BCUT2D eigenvalue weighted by Gasteiger charge is 2.06. The summed E-state index contributed by atoms with van der Waals surface area (Å²) in [7, 11) is 1.99. The number of benzene rings is 1. The summed E-state index contributed by atoms with van der Waals surface area (Å²) < 4.78 is 2.01. The van der Waals surface area contributed by atoms with Gasteiger partial charge in [-0.1, -0.05) is 0 Å². The average Bonchev–Trinajstić information content (AvgIpc) is 2.96. The molecule has 2 heterocycles. The Labute approximate surface area is 108 Å². The smallest absolute Gasteiger partial charge is 0.123 e. The SMILES string of the molecule is Cn1cnc2cc(-c3nc(CCl)cs3)ccc21. The molecule has 0 N–H and O–H groups in total. The van der Waals surface area contributed by atoms with Crippen molar-refractivity contribution in [2.24, 2.45) is 7.05 Å². The molecular weight excluding hydrogens is 254 g/mol. The topological polar surface area (TPSA) is 30.7 Å². The summed E-state index contributed by atoms with van der Waals surface area (Å²) in [4.78, 5) is 8.81. The van der Waals surface area contributed by atoms with Crippen molar-refractivity contribution in [3.8, 4) is 10.6 Å². The van der Waals surface area contributed by atoms with E-state index in [0.717, 1.165) is 27.3 Å². The minimum absolute atomic E-state index is 0.461. The summed E-state index contributed by atoms with van der Waals surface area (Å²) in [6.07, 6.45) is 1.82. The Balaban J connectivity index is 2.11. The van der Waals surface area contributed by atoms with Crippen LogP contribution in [0.5, 0.6) is 0 Å². The van der Waals surface area contributed by atoms with E-state index in [4.69, 9.17) is 11.6 Å². The van der Waals surface area contributed by atoms with Gasteiger partial charge in [0.25, 0.3) is 0 Å². The minimum atomic E-state index is 0.461. The van der Waals surface area contributed by atoms with Crippen LogP contribution in [0.1, 0.15) is 5.69 Å². The van der Waals surface area contributed by atoms with Gasteiger partial charge in [0.05, 0.1) is 28.9 Å². The van der Waals surface area contributed by atoms with Crippen LogP contribution in [-0.4, -0.2) is 14.5 Å². The molecule has 0 atom stereocenters. The van der Waals surface area contributed by atoms with Crippen LogP contribution in [0.15, 0.2) is 29.9 Å². The molecule has 0 fully saturated rings. The molecule has 0 saturated heterocycles. The van der Waals surface area contributed by atoms with Gasteiger partial charge >= 0.3 is 0 Å². The summed E-state index contributed by atoms with van der Waals surface area (Å²) >= 11 is 7.37. The van der Waals surface area contributed by atoms with Gasteiger partial charge in [-0.2, -0.15) is 0 Å². The molecule has 0 saturated carbocycles. The van der Waals surface area contributed by atoms with Crippen LogP contribution in [0.3, 0.4) is 0 Å². The summed E-state index contributed by atoms with van der Waals surface area (Å²) in [5, 5.41) is 2.98. The van der Waals surface area contributed by atoms with E-state index in [9.17, 15) is 0 Å². The number of rotatable bonds is 2. The molecule has 0 aliphatic heterocycles. The van der Waals surface area contributed by atoms with E-state index in [1.807, 2.05) is 23.3 Å². The lowest BCUT2D eigenvalue weighted by molar-refractivity contribution is 0.948. The van der Waals surface area contributed by atoms with Gasteiger partial charge in [0, 0.05) is 18.0 Å². The number of hydrogen-bond donors (Lipinski definition) is 0. The van der Waals surface area contributed by atoms with Gasteiger partial charge in [-0.3, -0.25) is 0 Å². The summed E-state index contributed by atoms with van der Waals surface area (Å²) in [6, 6.07) is 6.20. The van der Waals surface area contributed by atoms with Crippen molar-refractivity contribution in [3.05, 3.63) is 35.6 Å². The molecule has 0 unspecified atom stereocenters. The van der Waals surface area contributed by atoms with Crippen LogP contribution in [0.2, 0.25) is 0 Å².